The zero-order valence-corrected chi connectivity index (χ0v) is 12.6. The lowest BCUT2D eigenvalue weighted by Gasteiger charge is -2.15. The number of sulfonamides is 1. The summed E-state index contributed by atoms with van der Waals surface area (Å²) in [6.07, 6.45) is 3.90. The highest BCUT2D eigenvalue weighted by Gasteiger charge is 2.22. The lowest BCUT2D eigenvalue weighted by atomic mass is 10.1. The van der Waals surface area contributed by atoms with Crippen LogP contribution in [0.2, 0.25) is 0 Å². The van der Waals surface area contributed by atoms with Crippen molar-refractivity contribution in [2.75, 3.05) is 6.54 Å². The average molecular weight is 302 g/mol. The molecule has 0 spiro atoms. The number of amides is 1. The number of hydrogen-bond acceptors (Lipinski definition) is 4. The van der Waals surface area contributed by atoms with Crippen LogP contribution in [0.4, 0.5) is 0 Å². The third-order valence-corrected chi connectivity index (χ3v) is 4.54. The van der Waals surface area contributed by atoms with Crippen molar-refractivity contribution in [1.29, 1.82) is 0 Å². The molecule has 114 valence electrons. The van der Waals surface area contributed by atoms with Gasteiger partial charge in [-0.15, -0.1) is 0 Å². The van der Waals surface area contributed by atoms with E-state index in [9.17, 15) is 13.2 Å². The van der Waals surface area contributed by atoms with Crippen molar-refractivity contribution in [3.05, 3.63) is 18.0 Å². The van der Waals surface area contributed by atoms with E-state index in [1.54, 1.807) is 7.05 Å². The molecule has 0 aliphatic carbocycles. The van der Waals surface area contributed by atoms with Crippen molar-refractivity contribution in [3.8, 4) is 0 Å². The molecule has 0 aromatic carbocycles. The minimum Gasteiger partial charge on any atom is -0.364 e. The van der Waals surface area contributed by atoms with Crippen LogP contribution in [0.5, 0.6) is 0 Å². The summed E-state index contributed by atoms with van der Waals surface area (Å²) >= 11 is 0. The summed E-state index contributed by atoms with van der Waals surface area (Å²) in [5.74, 6) is -0.671. The van der Waals surface area contributed by atoms with E-state index in [-0.39, 0.29) is 23.2 Å². The third-order valence-electron chi connectivity index (χ3n) is 3.06. The van der Waals surface area contributed by atoms with Gasteiger partial charge in [-0.2, -0.15) is 0 Å². The van der Waals surface area contributed by atoms with Gasteiger partial charge < -0.3 is 16.0 Å². The molecule has 0 saturated heterocycles. The Labute approximate surface area is 119 Å². The van der Waals surface area contributed by atoms with E-state index < -0.39 is 15.9 Å². The van der Waals surface area contributed by atoms with Gasteiger partial charge in [0.25, 0.3) is 5.91 Å². The normalized spacial score (nSPS) is 13.3. The molecule has 1 unspecified atom stereocenters. The molecule has 1 amide bonds. The molecule has 1 rings (SSSR count). The van der Waals surface area contributed by atoms with E-state index in [0.29, 0.717) is 6.42 Å². The molecule has 0 radical (unpaired) electrons. The number of carbonyl (C=O) groups is 1. The number of unbranched alkanes of at least 4 members (excludes halogenated alkanes) is 1. The van der Waals surface area contributed by atoms with Crippen molar-refractivity contribution in [2.45, 2.75) is 37.1 Å². The molecule has 20 heavy (non-hydrogen) atoms. The molecule has 1 atom stereocenters. The van der Waals surface area contributed by atoms with Crippen molar-refractivity contribution >= 4 is 15.9 Å². The van der Waals surface area contributed by atoms with Gasteiger partial charge in [-0.05, 0) is 12.5 Å². The van der Waals surface area contributed by atoms with Crippen LogP contribution in [-0.2, 0) is 17.1 Å². The number of nitrogens with zero attached hydrogens (tertiary/aromatic N) is 1. The Morgan fingerprint density at radius 1 is 1.50 bits per heavy atom. The number of rotatable bonds is 8. The van der Waals surface area contributed by atoms with Crippen LogP contribution >= 0.6 is 0 Å². The van der Waals surface area contributed by atoms with E-state index in [1.165, 1.54) is 16.8 Å². The topological polar surface area (TPSA) is 120 Å². The van der Waals surface area contributed by atoms with Crippen molar-refractivity contribution in [1.82, 2.24) is 9.29 Å². The number of aryl methyl sites for hydroxylation is 1. The smallest absolute Gasteiger partial charge is 0.265 e. The minimum atomic E-state index is -3.70. The van der Waals surface area contributed by atoms with Gasteiger partial charge in [-0.1, -0.05) is 19.8 Å². The Bertz CT molecular complexity index is 565. The molecule has 0 fully saturated rings. The molecule has 0 bridgehead atoms. The summed E-state index contributed by atoms with van der Waals surface area (Å²) in [7, 11) is -2.13. The molecule has 8 heteroatoms. The second kappa shape index (κ2) is 6.87. The maximum atomic E-state index is 12.2. The summed E-state index contributed by atoms with van der Waals surface area (Å²) in [6, 6.07) is 0.954. The Morgan fingerprint density at radius 2 is 2.15 bits per heavy atom. The van der Waals surface area contributed by atoms with Crippen LogP contribution < -0.4 is 16.2 Å². The van der Waals surface area contributed by atoms with E-state index in [2.05, 4.69) is 4.72 Å². The van der Waals surface area contributed by atoms with Crippen LogP contribution in [0, 0.1) is 0 Å². The average Bonchev–Trinajstić information content (AvgIpc) is 2.77. The summed E-state index contributed by atoms with van der Waals surface area (Å²) in [4.78, 5) is 11.2. The number of carbonyl (C=O) groups excluding carboxylic acids is 1. The highest BCUT2D eigenvalue weighted by atomic mass is 32.2. The third kappa shape index (κ3) is 4.06. The van der Waals surface area contributed by atoms with Crippen LogP contribution in [-0.4, -0.2) is 31.5 Å². The Kier molecular flexibility index (Phi) is 5.73. The quantitative estimate of drug-likeness (QED) is 0.622. The van der Waals surface area contributed by atoms with Gasteiger partial charge in [-0.25, -0.2) is 13.1 Å². The summed E-state index contributed by atoms with van der Waals surface area (Å²) in [6.45, 7) is 2.26. The van der Waals surface area contributed by atoms with E-state index in [1.807, 2.05) is 6.92 Å². The van der Waals surface area contributed by atoms with Gasteiger partial charge in [0.05, 0.1) is 0 Å². The zero-order chi connectivity index (χ0) is 15.3. The van der Waals surface area contributed by atoms with E-state index in [4.69, 9.17) is 11.5 Å². The lowest BCUT2D eigenvalue weighted by Crippen LogP contribution is -2.40. The van der Waals surface area contributed by atoms with E-state index in [0.717, 1.165) is 12.8 Å². The molecule has 1 heterocycles. The van der Waals surface area contributed by atoms with Gasteiger partial charge in [0.2, 0.25) is 10.0 Å². The predicted molar refractivity (Wildman–Crippen MR) is 76.6 cm³/mol. The van der Waals surface area contributed by atoms with Crippen LogP contribution in [0.15, 0.2) is 17.2 Å². The Balaban J connectivity index is 2.93. The number of aromatic nitrogens is 1. The maximum absolute atomic E-state index is 12.2. The lowest BCUT2D eigenvalue weighted by molar-refractivity contribution is 0.0992. The van der Waals surface area contributed by atoms with Crippen LogP contribution in [0.3, 0.4) is 0 Å². The standard InChI is InChI=1S/C12H22N4O3S/c1-3-4-5-9(7-13)15-20(18,19)10-6-11(12(14)17)16(2)8-10/h6,8-9,15H,3-5,7,13H2,1-2H3,(H2,14,17). The fraction of sp³-hybridized carbons (Fsp3) is 0.583. The first-order chi connectivity index (χ1) is 9.31. The molecule has 5 N–H and O–H groups in total. The van der Waals surface area contributed by atoms with Gasteiger partial charge in [0.1, 0.15) is 10.6 Å². The molecule has 0 saturated carbocycles. The second-order valence-corrected chi connectivity index (χ2v) is 6.45. The predicted octanol–water partition coefficient (Wildman–Crippen LogP) is -0.0802. The largest absolute Gasteiger partial charge is 0.364 e. The number of nitrogens with two attached hydrogens (primary N) is 2. The van der Waals surface area contributed by atoms with Gasteiger partial charge >= 0.3 is 0 Å². The summed E-state index contributed by atoms with van der Waals surface area (Å²) in [5.41, 5.74) is 10.9. The molecule has 1 aromatic rings. The van der Waals surface area contributed by atoms with Gasteiger partial charge in [0.15, 0.2) is 0 Å². The molecule has 1 aromatic heterocycles. The number of nitrogens with one attached hydrogen (secondary N) is 1. The highest BCUT2D eigenvalue weighted by Crippen LogP contribution is 2.14. The first-order valence-corrected chi connectivity index (χ1v) is 7.98. The number of primary amides is 1. The van der Waals surface area contributed by atoms with Crippen molar-refractivity contribution < 1.29 is 13.2 Å². The second-order valence-electron chi connectivity index (χ2n) is 4.73. The first-order valence-electron chi connectivity index (χ1n) is 6.50. The maximum Gasteiger partial charge on any atom is 0.265 e. The SMILES string of the molecule is CCCCC(CN)NS(=O)(=O)c1cc(C(N)=O)n(C)c1. The fourth-order valence-corrected chi connectivity index (χ4v) is 3.24. The van der Waals surface area contributed by atoms with Gasteiger partial charge in [0, 0.05) is 25.8 Å². The Hall–Kier alpha value is -1.38. The molecule has 0 aliphatic heterocycles. The molecule has 0 aliphatic rings. The van der Waals surface area contributed by atoms with Crippen molar-refractivity contribution in [3.63, 3.8) is 0 Å². The summed E-state index contributed by atoms with van der Waals surface area (Å²) in [5, 5.41) is 0. The monoisotopic (exact) mass is 302 g/mol. The fourth-order valence-electron chi connectivity index (χ4n) is 1.89. The molecule has 7 nitrogen and oxygen atoms in total. The van der Waals surface area contributed by atoms with Crippen LogP contribution in [0.25, 0.3) is 0 Å². The molecular weight excluding hydrogens is 280 g/mol. The highest BCUT2D eigenvalue weighted by molar-refractivity contribution is 7.89. The van der Waals surface area contributed by atoms with E-state index >= 15 is 0 Å². The zero-order valence-electron chi connectivity index (χ0n) is 11.8. The minimum absolute atomic E-state index is 0.0174. The Morgan fingerprint density at radius 3 is 2.60 bits per heavy atom. The molecular formula is C12H22N4O3S. The van der Waals surface area contributed by atoms with Crippen LogP contribution in [0.1, 0.15) is 36.7 Å². The van der Waals surface area contributed by atoms with Crippen molar-refractivity contribution in [2.24, 2.45) is 18.5 Å². The summed E-state index contributed by atoms with van der Waals surface area (Å²) < 4.78 is 28.4. The first kappa shape index (κ1) is 16.7. The number of hydrogen-bond donors (Lipinski definition) is 3. The van der Waals surface area contributed by atoms with Gasteiger partial charge in [-0.3, -0.25) is 4.79 Å².